The van der Waals surface area contributed by atoms with Crippen molar-refractivity contribution in [3.8, 4) is 0 Å². The van der Waals surface area contributed by atoms with E-state index in [1.165, 1.54) is 12.1 Å². The highest BCUT2D eigenvalue weighted by Crippen LogP contribution is 2.20. The second-order valence-electron chi connectivity index (χ2n) is 6.64. The molecule has 0 amide bonds. The van der Waals surface area contributed by atoms with Gasteiger partial charge in [0.2, 0.25) is 10.0 Å². The summed E-state index contributed by atoms with van der Waals surface area (Å²) in [5, 5.41) is 18.0. The zero-order chi connectivity index (χ0) is 21.6. The molecule has 2 heterocycles. The van der Waals surface area contributed by atoms with Crippen LogP contribution in [0.3, 0.4) is 0 Å². The van der Waals surface area contributed by atoms with E-state index in [-0.39, 0.29) is 34.5 Å². The predicted molar refractivity (Wildman–Crippen MR) is 109 cm³/mol. The van der Waals surface area contributed by atoms with Crippen molar-refractivity contribution in [1.29, 1.82) is 5.41 Å². The number of aromatic nitrogens is 2. The predicted octanol–water partition coefficient (Wildman–Crippen LogP) is 1.44. The van der Waals surface area contributed by atoms with E-state index in [1.54, 1.807) is 0 Å². The molecule has 1 aliphatic heterocycles. The maximum atomic E-state index is 13.3. The fourth-order valence-corrected chi connectivity index (χ4v) is 4.03. The van der Waals surface area contributed by atoms with E-state index in [0.717, 1.165) is 19.2 Å². The molecule has 10 nitrogen and oxygen atoms in total. The summed E-state index contributed by atoms with van der Waals surface area (Å²) >= 11 is 5.73. The summed E-state index contributed by atoms with van der Waals surface area (Å²) in [6, 6.07) is 3.88. The Labute approximate surface area is 178 Å². The van der Waals surface area contributed by atoms with Gasteiger partial charge in [-0.2, -0.15) is 0 Å². The molecule has 0 spiro atoms. The van der Waals surface area contributed by atoms with Crippen molar-refractivity contribution in [2.24, 2.45) is 0 Å². The molecule has 3 N–H and O–H groups in total. The Kier molecular flexibility index (Phi) is 7.72. The van der Waals surface area contributed by atoms with E-state index in [0.29, 0.717) is 31.9 Å². The van der Waals surface area contributed by atoms with Crippen LogP contribution in [0.1, 0.15) is 17.8 Å². The second-order valence-corrected chi connectivity index (χ2v) is 8.97. The lowest BCUT2D eigenvalue weighted by molar-refractivity contribution is 0.0381. The summed E-state index contributed by atoms with van der Waals surface area (Å²) in [6.45, 7) is 3.43. The minimum Gasteiger partial charge on any atom is -0.379 e. The van der Waals surface area contributed by atoms with E-state index in [1.807, 2.05) is 0 Å². The highest BCUT2D eigenvalue weighted by molar-refractivity contribution is 7.89. The van der Waals surface area contributed by atoms with Gasteiger partial charge in [-0.25, -0.2) is 22.2 Å². The van der Waals surface area contributed by atoms with Gasteiger partial charge in [-0.15, -0.1) is 0 Å². The summed E-state index contributed by atoms with van der Waals surface area (Å²) in [6.07, 6.45) is 0.488. The number of hydrogen-bond acceptors (Lipinski definition) is 8. The standard InChI is InChI=1S/C17H22ClFN6O4S/c18-13-10-12(2-3-14(13)19)22-17(20)16-15(23-29-24-16)11-21-30(26,27)9-1-4-25-5-7-28-8-6-25/h2-3,10,21H,1,4-9,11H2,(H2,20,22). The van der Waals surface area contributed by atoms with Crippen molar-refractivity contribution in [1.82, 2.24) is 19.9 Å². The zero-order valence-corrected chi connectivity index (χ0v) is 17.6. The summed E-state index contributed by atoms with van der Waals surface area (Å²) in [7, 11) is -3.54. The molecule has 0 saturated carbocycles. The van der Waals surface area contributed by atoms with Crippen molar-refractivity contribution in [2.45, 2.75) is 13.0 Å². The lowest BCUT2D eigenvalue weighted by Gasteiger charge is -2.26. The maximum absolute atomic E-state index is 13.3. The number of morpholine rings is 1. The molecule has 1 fully saturated rings. The fourth-order valence-electron chi connectivity index (χ4n) is 2.84. The van der Waals surface area contributed by atoms with E-state index in [2.05, 4.69) is 29.9 Å². The van der Waals surface area contributed by atoms with E-state index in [9.17, 15) is 12.8 Å². The lowest BCUT2D eigenvalue weighted by atomic mass is 10.2. The van der Waals surface area contributed by atoms with Crippen molar-refractivity contribution in [2.75, 3.05) is 43.9 Å². The van der Waals surface area contributed by atoms with Crippen molar-refractivity contribution >= 4 is 33.1 Å². The minimum atomic E-state index is -3.54. The first-order valence-electron chi connectivity index (χ1n) is 9.24. The Morgan fingerprint density at radius 3 is 2.80 bits per heavy atom. The molecule has 1 aliphatic rings. The topological polar surface area (TPSA) is 133 Å². The van der Waals surface area contributed by atoms with Crippen LogP contribution >= 0.6 is 11.6 Å². The largest absolute Gasteiger partial charge is 0.379 e. The van der Waals surface area contributed by atoms with E-state index in [4.69, 9.17) is 21.7 Å². The third-order valence-corrected chi connectivity index (χ3v) is 6.13. The summed E-state index contributed by atoms with van der Waals surface area (Å²) in [5.41, 5.74) is 0.549. The Hall–Kier alpha value is -2.12. The molecule has 0 atom stereocenters. The SMILES string of the molecule is N=C(Nc1ccc(F)c(Cl)c1)c1nonc1CNS(=O)(=O)CCCN1CCOCC1. The zero-order valence-electron chi connectivity index (χ0n) is 16.0. The summed E-state index contributed by atoms with van der Waals surface area (Å²) in [5.74, 6) is -0.810. The molecule has 164 valence electrons. The van der Waals surface area contributed by atoms with Crippen LogP contribution in [0.2, 0.25) is 5.02 Å². The van der Waals surface area contributed by atoms with Gasteiger partial charge in [0.1, 0.15) is 11.5 Å². The van der Waals surface area contributed by atoms with Crippen LogP contribution in [0.4, 0.5) is 10.1 Å². The quantitative estimate of drug-likeness (QED) is 0.378. The molecule has 1 aromatic heterocycles. The van der Waals surface area contributed by atoms with Gasteiger partial charge in [0.05, 0.1) is 30.5 Å². The maximum Gasteiger partial charge on any atom is 0.212 e. The molecule has 1 saturated heterocycles. The number of hydrogen-bond donors (Lipinski definition) is 3. The van der Waals surface area contributed by atoms with Crippen LogP contribution in [0.15, 0.2) is 22.8 Å². The number of halogens is 2. The smallest absolute Gasteiger partial charge is 0.212 e. The van der Waals surface area contributed by atoms with Gasteiger partial charge in [0, 0.05) is 18.8 Å². The highest BCUT2D eigenvalue weighted by Gasteiger charge is 2.19. The van der Waals surface area contributed by atoms with Crippen LogP contribution in [-0.4, -0.2) is 68.1 Å². The molecule has 1 aromatic carbocycles. The molecule has 0 aliphatic carbocycles. The van der Waals surface area contributed by atoms with Gasteiger partial charge in [0.15, 0.2) is 11.5 Å². The van der Waals surface area contributed by atoms with Gasteiger partial charge < -0.3 is 10.1 Å². The molecule has 30 heavy (non-hydrogen) atoms. The Morgan fingerprint density at radius 2 is 2.07 bits per heavy atom. The number of nitrogens with zero attached hydrogens (tertiary/aromatic N) is 3. The molecule has 0 radical (unpaired) electrons. The summed E-state index contributed by atoms with van der Waals surface area (Å²) < 4.78 is 50.1. The van der Waals surface area contributed by atoms with E-state index >= 15 is 0 Å². The van der Waals surface area contributed by atoms with Crippen molar-refractivity contribution < 1.29 is 22.2 Å². The number of ether oxygens (including phenoxy) is 1. The molecular weight excluding hydrogens is 439 g/mol. The molecule has 0 bridgehead atoms. The van der Waals surface area contributed by atoms with Gasteiger partial charge in [0.25, 0.3) is 0 Å². The van der Waals surface area contributed by atoms with Gasteiger partial charge in [-0.3, -0.25) is 10.3 Å². The van der Waals surface area contributed by atoms with Crippen molar-refractivity contribution in [3.05, 3.63) is 40.4 Å². The molecule has 13 heteroatoms. The number of amidine groups is 1. The Balaban J connectivity index is 1.51. The molecule has 0 unspecified atom stereocenters. The second kappa shape index (κ2) is 10.3. The molecular formula is C17H22ClFN6O4S. The van der Waals surface area contributed by atoms with Crippen LogP contribution < -0.4 is 10.0 Å². The first kappa shape index (κ1) is 22.6. The van der Waals surface area contributed by atoms with Crippen LogP contribution in [0.25, 0.3) is 0 Å². The number of benzene rings is 1. The average molecular weight is 461 g/mol. The Morgan fingerprint density at radius 1 is 1.30 bits per heavy atom. The number of nitrogens with one attached hydrogen (secondary N) is 3. The lowest BCUT2D eigenvalue weighted by Crippen LogP contribution is -2.38. The molecule has 2 aromatic rings. The third kappa shape index (κ3) is 6.44. The van der Waals surface area contributed by atoms with Gasteiger partial charge in [-0.1, -0.05) is 16.8 Å². The van der Waals surface area contributed by atoms with Crippen LogP contribution in [0, 0.1) is 11.2 Å². The van der Waals surface area contributed by atoms with Gasteiger partial charge >= 0.3 is 0 Å². The molecule has 3 rings (SSSR count). The normalized spacial score (nSPS) is 15.3. The first-order valence-corrected chi connectivity index (χ1v) is 11.3. The first-order chi connectivity index (χ1) is 14.3. The van der Waals surface area contributed by atoms with E-state index < -0.39 is 15.8 Å². The third-order valence-electron chi connectivity index (χ3n) is 4.43. The monoisotopic (exact) mass is 460 g/mol. The average Bonchev–Trinajstić information content (AvgIpc) is 3.19. The van der Waals surface area contributed by atoms with Crippen LogP contribution in [0.5, 0.6) is 0 Å². The fraction of sp³-hybridized carbons (Fsp3) is 0.471. The van der Waals surface area contributed by atoms with Crippen molar-refractivity contribution in [3.63, 3.8) is 0 Å². The van der Waals surface area contributed by atoms with Crippen LogP contribution in [-0.2, 0) is 21.3 Å². The minimum absolute atomic E-state index is 0.0330. The highest BCUT2D eigenvalue weighted by atomic mass is 35.5. The Bertz CT molecular complexity index is 980. The number of sulfonamides is 1. The number of anilines is 1. The summed E-state index contributed by atoms with van der Waals surface area (Å²) in [4.78, 5) is 2.16. The number of rotatable bonds is 9. The van der Waals surface area contributed by atoms with Gasteiger partial charge in [-0.05, 0) is 36.3 Å².